The Morgan fingerprint density at radius 2 is 1.48 bits per heavy atom. The van der Waals surface area contributed by atoms with Crippen molar-refractivity contribution >= 4 is 17.7 Å². The standard InChI is InChI=1S/C20H30N4O6S/c21-24-23-4-5-26-6-7-27-8-9-28-10-11-29-12-13-30-14-15-31-19-3-1-2-17-18(19)16-22-20(17)25/h1-3H,4-16H2,(H,22,25). The van der Waals surface area contributed by atoms with Crippen LogP contribution in [0.3, 0.4) is 0 Å². The number of azide groups is 1. The van der Waals surface area contributed by atoms with Gasteiger partial charge >= 0.3 is 0 Å². The number of benzene rings is 1. The zero-order chi connectivity index (χ0) is 22.0. The van der Waals surface area contributed by atoms with Gasteiger partial charge in [-0.1, -0.05) is 11.2 Å². The Morgan fingerprint density at radius 3 is 2.10 bits per heavy atom. The molecule has 0 saturated heterocycles. The minimum Gasteiger partial charge on any atom is -0.379 e. The lowest BCUT2D eigenvalue weighted by Gasteiger charge is -2.08. The van der Waals surface area contributed by atoms with Crippen LogP contribution >= 0.6 is 11.8 Å². The SMILES string of the molecule is [N-]=[N+]=NCCOCCOCCOCCOCCOCCSc1cccc2c1CNC2=O. The summed E-state index contributed by atoms with van der Waals surface area (Å²) in [5.41, 5.74) is 9.97. The smallest absolute Gasteiger partial charge is 0.251 e. The molecule has 0 atom stereocenters. The van der Waals surface area contributed by atoms with Crippen molar-refractivity contribution < 1.29 is 28.5 Å². The molecule has 0 fully saturated rings. The summed E-state index contributed by atoms with van der Waals surface area (Å²) >= 11 is 1.70. The molecule has 0 radical (unpaired) electrons. The molecule has 0 saturated carbocycles. The number of ether oxygens (including phenoxy) is 5. The molecule has 0 aromatic heterocycles. The number of carbonyl (C=O) groups is 1. The Bertz CT molecular complexity index is 702. The van der Waals surface area contributed by atoms with Crippen LogP contribution in [0.5, 0.6) is 0 Å². The lowest BCUT2D eigenvalue weighted by Crippen LogP contribution is -2.13. The van der Waals surface area contributed by atoms with E-state index in [-0.39, 0.29) is 5.91 Å². The Kier molecular flexibility index (Phi) is 13.8. The third-order valence-corrected chi connectivity index (χ3v) is 5.24. The van der Waals surface area contributed by atoms with Crippen LogP contribution in [-0.2, 0) is 30.2 Å². The van der Waals surface area contributed by atoms with E-state index < -0.39 is 0 Å². The molecule has 1 aliphatic heterocycles. The van der Waals surface area contributed by atoms with Gasteiger partial charge in [0.05, 0.1) is 66.1 Å². The molecule has 2 rings (SSSR count). The second kappa shape index (κ2) is 16.8. The van der Waals surface area contributed by atoms with Crippen LogP contribution in [0.4, 0.5) is 0 Å². The van der Waals surface area contributed by atoms with Crippen molar-refractivity contribution in [2.45, 2.75) is 11.4 Å². The van der Waals surface area contributed by atoms with E-state index in [1.165, 1.54) is 0 Å². The normalized spacial score (nSPS) is 12.5. The highest BCUT2D eigenvalue weighted by Crippen LogP contribution is 2.28. The highest BCUT2D eigenvalue weighted by molar-refractivity contribution is 7.99. The van der Waals surface area contributed by atoms with Crippen molar-refractivity contribution in [1.82, 2.24) is 5.32 Å². The molecule has 1 aliphatic rings. The Balaban J connectivity index is 1.31. The molecule has 0 aliphatic carbocycles. The maximum absolute atomic E-state index is 11.7. The molecular weight excluding hydrogens is 424 g/mol. The largest absolute Gasteiger partial charge is 0.379 e. The van der Waals surface area contributed by atoms with Gasteiger partial charge in [-0.2, -0.15) is 0 Å². The third-order valence-electron chi connectivity index (χ3n) is 4.18. The molecule has 0 bridgehead atoms. The first-order valence-corrected chi connectivity index (χ1v) is 11.2. The first-order chi connectivity index (χ1) is 15.3. The summed E-state index contributed by atoms with van der Waals surface area (Å²) in [5.74, 6) is 0.833. The van der Waals surface area contributed by atoms with E-state index in [0.29, 0.717) is 79.2 Å². The van der Waals surface area contributed by atoms with Crippen LogP contribution in [0.2, 0.25) is 0 Å². The van der Waals surface area contributed by atoms with Crippen molar-refractivity contribution in [2.24, 2.45) is 5.11 Å². The number of hydrogen-bond acceptors (Lipinski definition) is 8. The average Bonchev–Trinajstić information content (AvgIpc) is 3.17. The van der Waals surface area contributed by atoms with Gasteiger partial charge < -0.3 is 29.0 Å². The number of nitrogens with zero attached hydrogens (tertiary/aromatic N) is 3. The predicted octanol–water partition coefficient (Wildman–Crippen LogP) is 2.42. The molecule has 1 N–H and O–H groups in total. The van der Waals surface area contributed by atoms with E-state index >= 15 is 0 Å². The summed E-state index contributed by atoms with van der Waals surface area (Å²) in [6.07, 6.45) is 0. The molecule has 10 nitrogen and oxygen atoms in total. The molecule has 1 heterocycles. The number of rotatable bonds is 19. The fraction of sp³-hybridized carbons (Fsp3) is 0.650. The Labute approximate surface area is 186 Å². The van der Waals surface area contributed by atoms with Crippen molar-refractivity contribution in [3.63, 3.8) is 0 Å². The van der Waals surface area contributed by atoms with E-state index in [2.05, 4.69) is 15.3 Å². The molecule has 0 spiro atoms. The van der Waals surface area contributed by atoms with Gasteiger partial charge in [-0.3, -0.25) is 4.79 Å². The summed E-state index contributed by atoms with van der Waals surface area (Å²) in [6, 6.07) is 5.82. The summed E-state index contributed by atoms with van der Waals surface area (Å²) in [7, 11) is 0. The van der Waals surface area contributed by atoms with Crippen LogP contribution in [0.1, 0.15) is 15.9 Å². The van der Waals surface area contributed by atoms with Crippen LogP contribution < -0.4 is 5.32 Å². The third kappa shape index (κ3) is 10.8. The van der Waals surface area contributed by atoms with Gasteiger partial charge in [0.15, 0.2) is 0 Å². The lowest BCUT2D eigenvalue weighted by atomic mass is 10.1. The first kappa shape index (κ1) is 25.4. The Morgan fingerprint density at radius 1 is 0.903 bits per heavy atom. The number of hydrogen-bond donors (Lipinski definition) is 1. The molecule has 1 amide bonds. The molecule has 1 aromatic carbocycles. The van der Waals surface area contributed by atoms with Crippen molar-refractivity contribution in [3.8, 4) is 0 Å². The number of nitrogens with one attached hydrogen (secondary N) is 1. The van der Waals surface area contributed by atoms with Crippen molar-refractivity contribution in [3.05, 3.63) is 39.8 Å². The zero-order valence-electron chi connectivity index (χ0n) is 17.6. The first-order valence-electron chi connectivity index (χ1n) is 10.3. The molecule has 0 unspecified atom stereocenters. The summed E-state index contributed by atoms with van der Waals surface area (Å²) in [5, 5.41) is 6.22. The average molecular weight is 455 g/mol. The van der Waals surface area contributed by atoms with Gasteiger partial charge in [0.25, 0.3) is 5.91 Å². The summed E-state index contributed by atoms with van der Waals surface area (Å²) in [4.78, 5) is 15.4. The predicted molar refractivity (Wildman–Crippen MR) is 116 cm³/mol. The van der Waals surface area contributed by atoms with Gasteiger partial charge in [-0.25, -0.2) is 0 Å². The van der Waals surface area contributed by atoms with Crippen molar-refractivity contribution in [2.75, 3.05) is 78.4 Å². The van der Waals surface area contributed by atoms with Gasteiger partial charge in [-0.15, -0.1) is 11.8 Å². The van der Waals surface area contributed by atoms with E-state index in [9.17, 15) is 4.79 Å². The number of fused-ring (bicyclic) bond motifs is 1. The highest BCUT2D eigenvalue weighted by atomic mass is 32.2. The van der Waals surface area contributed by atoms with E-state index in [0.717, 1.165) is 21.8 Å². The Hall–Kier alpha value is -1.85. The maximum atomic E-state index is 11.7. The maximum Gasteiger partial charge on any atom is 0.251 e. The monoisotopic (exact) mass is 454 g/mol. The lowest BCUT2D eigenvalue weighted by molar-refractivity contribution is -0.00951. The minimum absolute atomic E-state index is 0.00679. The van der Waals surface area contributed by atoms with Crippen LogP contribution in [0.15, 0.2) is 28.2 Å². The fourth-order valence-corrected chi connectivity index (χ4v) is 3.65. The number of amides is 1. The van der Waals surface area contributed by atoms with Crippen LogP contribution in [0, 0.1) is 0 Å². The minimum atomic E-state index is 0.00679. The van der Waals surface area contributed by atoms with E-state index in [1.807, 2.05) is 18.2 Å². The molecule has 1 aromatic rings. The summed E-state index contributed by atoms with van der Waals surface area (Å²) in [6.45, 7) is 5.99. The van der Waals surface area contributed by atoms with Crippen molar-refractivity contribution in [1.29, 1.82) is 0 Å². The highest BCUT2D eigenvalue weighted by Gasteiger charge is 2.20. The summed E-state index contributed by atoms with van der Waals surface area (Å²) < 4.78 is 27.0. The van der Waals surface area contributed by atoms with Crippen LogP contribution in [-0.4, -0.2) is 84.3 Å². The second-order valence-electron chi connectivity index (χ2n) is 6.33. The zero-order valence-corrected chi connectivity index (χ0v) is 18.4. The molecular formula is C20H30N4O6S. The van der Waals surface area contributed by atoms with E-state index in [1.54, 1.807) is 11.8 Å². The quantitative estimate of drug-likeness (QED) is 0.112. The van der Waals surface area contributed by atoms with Gasteiger partial charge in [0, 0.05) is 34.2 Å². The number of thioether (sulfide) groups is 1. The number of carbonyl (C=O) groups excluding carboxylic acids is 1. The van der Waals surface area contributed by atoms with Gasteiger partial charge in [-0.05, 0) is 23.2 Å². The van der Waals surface area contributed by atoms with E-state index in [4.69, 9.17) is 29.2 Å². The second-order valence-corrected chi connectivity index (χ2v) is 7.47. The fourth-order valence-electron chi connectivity index (χ4n) is 2.70. The molecule has 31 heavy (non-hydrogen) atoms. The topological polar surface area (TPSA) is 124 Å². The van der Waals surface area contributed by atoms with Gasteiger partial charge in [0.2, 0.25) is 0 Å². The van der Waals surface area contributed by atoms with Gasteiger partial charge in [0.1, 0.15) is 0 Å². The van der Waals surface area contributed by atoms with Crippen LogP contribution in [0.25, 0.3) is 10.4 Å². The molecule has 11 heteroatoms. The molecule has 172 valence electrons.